The zero-order valence-electron chi connectivity index (χ0n) is 17.8. The normalized spacial score (nSPS) is 18.2. The number of nitrogens with zero attached hydrogens (tertiary/aromatic N) is 2. The van der Waals surface area contributed by atoms with Crippen LogP contribution in [0.5, 0.6) is 17.2 Å². The van der Waals surface area contributed by atoms with Gasteiger partial charge in [0.25, 0.3) is 0 Å². The smallest absolute Gasteiger partial charge is 0.243 e. The fourth-order valence-corrected chi connectivity index (χ4v) is 6.49. The average Bonchev–Trinajstić information content (AvgIpc) is 3.05. The van der Waals surface area contributed by atoms with E-state index in [1.165, 1.54) is 32.9 Å². The lowest BCUT2D eigenvalue weighted by Crippen LogP contribution is -2.50. The maximum atomic E-state index is 13.1. The number of hydrogen-bond donors (Lipinski definition) is 0. The number of ether oxygens (including phenoxy) is 3. The molecule has 2 aliphatic heterocycles. The van der Waals surface area contributed by atoms with Crippen LogP contribution in [0.25, 0.3) is 0 Å². The fraction of sp³-hybridized carbons (Fsp3) is 0.429. The lowest BCUT2D eigenvalue weighted by Gasteiger charge is -2.33. The Morgan fingerprint density at radius 1 is 0.781 bits per heavy atom. The summed E-state index contributed by atoms with van der Waals surface area (Å²) in [4.78, 5) is 0.254. The second kappa shape index (κ2) is 9.26. The fourth-order valence-electron chi connectivity index (χ4n) is 3.63. The Kier molecular flexibility index (Phi) is 6.61. The van der Waals surface area contributed by atoms with Gasteiger partial charge in [0.2, 0.25) is 20.0 Å². The largest absolute Gasteiger partial charge is 0.494 e. The highest BCUT2D eigenvalue weighted by atomic mass is 32.2. The molecule has 0 saturated carbocycles. The van der Waals surface area contributed by atoms with E-state index >= 15 is 0 Å². The first-order valence-electron chi connectivity index (χ1n) is 10.4. The van der Waals surface area contributed by atoms with Crippen molar-refractivity contribution in [2.75, 3.05) is 46.0 Å². The minimum atomic E-state index is -3.79. The third-order valence-corrected chi connectivity index (χ3v) is 9.13. The second-order valence-corrected chi connectivity index (χ2v) is 11.2. The van der Waals surface area contributed by atoms with E-state index in [0.29, 0.717) is 37.1 Å². The number of benzene rings is 2. The summed E-state index contributed by atoms with van der Waals surface area (Å²) < 4.78 is 71.3. The maximum Gasteiger partial charge on any atom is 0.243 e. The van der Waals surface area contributed by atoms with Gasteiger partial charge in [-0.05, 0) is 43.3 Å². The van der Waals surface area contributed by atoms with Crippen molar-refractivity contribution in [1.29, 1.82) is 0 Å². The van der Waals surface area contributed by atoms with Gasteiger partial charge in [-0.3, -0.25) is 0 Å². The Balaban J connectivity index is 1.46. The van der Waals surface area contributed by atoms with Crippen LogP contribution in [-0.4, -0.2) is 71.4 Å². The molecule has 0 amide bonds. The lowest BCUT2D eigenvalue weighted by molar-refractivity contribution is 0.272. The van der Waals surface area contributed by atoms with E-state index in [-0.39, 0.29) is 36.0 Å². The number of piperazine rings is 1. The molecule has 1 fully saturated rings. The molecule has 0 aromatic heterocycles. The summed E-state index contributed by atoms with van der Waals surface area (Å²) in [6, 6.07) is 10.8. The van der Waals surface area contributed by atoms with E-state index in [9.17, 15) is 16.8 Å². The first kappa shape index (κ1) is 22.8. The molecule has 11 heteroatoms. The molecule has 2 heterocycles. The molecule has 0 radical (unpaired) electrons. The molecule has 174 valence electrons. The van der Waals surface area contributed by atoms with Crippen molar-refractivity contribution in [3.8, 4) is 17.2 Å². The molecule has 2 aromatic carbocycles. The molecule has 1 saturated heterocycles. The number of fused-ring (bicyclic) bond motifs is 1. The molecular formula is C21H26N2O7S2. The van der Waals surface area contributed by atoms with Gasteiger partial charge < -0.3 is 14.2 Å². The van der Waals surface area contributed by atoms with Gasteiger partial charge in [0.15, 0.2) is 11.5 Å². The molecule has 0 atom stereocenters. The Bertz CT molecular complexity index is 1160. The number of sulfonamides is 2. The molecule has 0 N–H and O–H groups in total. The molecular weight excluding hydrogens is 456 g/mol. The van der Waals surface area contributed by atoms with Crippen molar-refractivity contribution in [3.63, 3.8) is 0 Å². The zero-order valence-corrected chi connectivity index (χ0v) is 19.4. The van der Waals surface area contributed by atoms with Crippen LogP contribution in [0.3, 0.4) is 0 Å². The predicted octanol–water partition coefficient (Wildman–Crippen LogP) is 1.94. The highest BCUT2D eigenvalue weighted by molar-refractivity contribution is 7.89. The van der Waals surface area contributed by atoms with Crippen LogP contribution in [0.4, 0.5) is 0 Å². The number of rotatable bonds is 6. The summed E-state index contributed by atoms with van der Waals surface area (Å²) in [5.74, 6) is 1.52. The lowest BCUT2D eigenvalue weighted by atomic mass is 10.3. The Morgan fingerprint density at radius 3 is 1.91 bits per heavy atom. The first-order chi connectivity index (χ1) is 15.3. The van der Waals surface area contributed by atoms with Gasteiger partial charge in [-0.2, -0.15) is 8.61 Å². The van der Waals surface area contributed by atoms with Gasteiger partial charge >= 0.3 is 0 Å². The van der Waals surface area contributed by atoms with Crippen LogP contribution >= 0.6 is 0 Å². The van der Waals surface area contributed by atoms with Gasteiger partial charge in [-0.15, -0.1) is 0 Å². The quantitative estimate of drug-likeness (QED) is 0.620. The third-order valence-electron chi connectivity index (χ3n) is 5.33. The van der Waals surface area contributed by atoms with Gasteiger partial charge in [0, 0.05) is 38.7 Å². The van der Waals surface area contributed by atoms with Crippen LogP contribution < -0.4 is 14.2 Å². The van der Waals surface area contributed by atoms with Crippen LogP contribution in [-0.2, 0) is 20.0 Å². The Hall–Kier alpha value is -2.34. The van der Waals surface area contributed by atoms with Gasteiger partial charge in [-0.25, -0.2) is 16.8 Å². The predicted molar refractivity (Wildman–Crippen MR) is 117 cm³/mol. The molecule has 0 spiro atoms. The monoisotopic (exact) mass is 482 g/mol. The molecule has 0 unspecified atom stereocenters. The van der Waals surface area contributed by atoms with Gasteiger partial charge in [0.1, 0.15) is 5.75 Å². The number of hydrogen-bond acceptors (Lipinski definition) is 7. The highest BCUT2D eigenvalue weighted by Crippen LogP contribution is 2.33. The van der Waals surface area contributed by atoms with E-state index in [0.717, 1.165) is 6.42 Å². The summed E-state index contributed by atoms with van der Waals surface area (Å²) in [5.41, 5.74) is 0. The van der Waals surface area contributed by atoms with Crippen molar-refractivity contribution >= 4 is 20.0 Å². The molecule has 9 nitrogen and oxygen atoms in total. The molecule has 0 bridgehead atoms. The highest BCUT2D eigenvalue weighted by Gasteiger charge is 2.34. The summed E-state index contributed by atoms with van der Waals surface area (Å²) >= 11 is 0. The van der Waals surface area contributed by atoms with E-state index in [4.69, 9.17) is 14.2 Å². The summed E-state index contributed by atoms with van der Waals surface area (Å²) in [6.07, 6.45) is 0.724. The maximum absolute atomic E-state index is 13.1. The molecule has 32 heavy (non-hydrogen) atoms. The van der Waals surface area contributed by atoms with Crippen molar-refractivity contribution in [2.45, 2.75) is 23.1 Å². The van der Waals surface area contributed by atoms with Crippen LogP contribution in [0.15, 0.2) is 52.3 Å². The average molecular weight is 483 g/mol. The summed E-state index contributed by atoms with van der Waals surface area (Å²) in [7, 11) is -7.52. The van der Waals surface area contributed by atoms with Crippen LogP contribution in [0, 0.1) is 0 Å². The van der Waals surface area contributed by atoms with Crippen LogP contribution in [0.1, 0.15) is 13.3 Å². The standard InChI is InChI=1S/C21H26N2O7S2/c1-2-28-17-4-6-18(7-5-17)31(24,25)22-10-12-23(13-11-22)32(26,27)19-8-9-20-21(16-19)30-15-3-14-29-20/h4-9,16H,2-3,10-15H2,1H3. The second-order valence-electron chi connectivity index (χ2n) is 7.37. The van der Waals surface area contributed by atoms with E-state index in [2.05, 4.69) is 0 Å². The van der Waals surface area contributed by atoms with E-state index in [1.54, 1.807) is 18.2 Å². The van der Waals surface area contributed by atoms with Gasteiger partial charge in [0.05, 0.1) is 29.6 Å². The minimum Gasteiger partial charge on any atom is -0.494 e. The van der Waals surface area contributed by atoms with Crippen molar-refractivity contribution < 1.29 is 31.0 Å². The summed E-state index contributed by atoms with van der Waals surface area (Å²) in [6.45, 7) is 3.58. The SMILES string of the molecule is CCOc1ccc(S(=O)(=O)N2CCN(S(=O)(=O)c3ccc4c(c3)OCCCO4)CC2)cc1. The topological polar surface area (TPSA) is 102 Å². The Morgan fingerprint density at radius 2 is 1.31 bits per heavy atom. The van der Waals surface area contributed by atoms with E-state index in [1.807, 2.05) is 6.92 Å². The molecule has 0 aliphatic carbocycles. The van der Waals surface area contributed by atoms with Gasteiger partial charge in [-0.1, -0.05) is 0 Å². The zero-order chi connectivity index (χ0) is 22.8. The third kappa shape index (κ3) is 4.56. The molecule has 2 aromatic rings. The van der Waals surface area contributed by atoms with Crippen molar-refractivity contribution in [1.82, 2.24) is 8.61 Å². The van der Waals surface area contributed by atoms with Crippen molar-refractivity contribution in [3.05, 3.63) is 42.5 Å². The Labute approximate surface area is 188 Å². The van der Waals surface area contributed by atoms with Crippen LogP contribution in [0.2, 0.25) is 0 Å². The van der Waals surface area contributed by atoms with Crippen molar-refractivity contribution in [2.24, 2.45) is 0 Å². The first-order valence-corrected chi connectivity index (χ1v) is 13.3. The van der Waals surface area contributed by atoms with E-state index < -0.39 is 20.0 Å². The molecule has 2 aliphatic rings. The minimum absolute atomic E-state index is 0.0625. The molecule has 4 rings (SSSR count). The summed E-state index contributed by atoms with van der Waals surface area (Å²) in [5, 5.41) is 0.